The summed E-state index contributed by atoms with van der Waals surface area (Å²) in [6.07, 6.45) is 11.1. The van der Waals surface area contributed by atoms with Crippen molar-refractivity contribution < 1.29 is 9.47 Å². The van der Waals surface area contributed by atoms with E-state index in [1.54, 1.807) is 0 Å². The van der Waals surface area contributed by atoms with Crippen molar-refractivity contribution in [2.75, 3.05) is 19.8 Å². The molecule has 2 N–H and O–H groups in total. The Morgan fingerprint density at radius 2 is 1.57 bits per heavy atom. The molecule has 0 aliphatic rings. The molecule has 0 bridgehead atoms. The van der Waals surface area contributed by atoms with Crippen molar-refractivity contribution in [3.05, 3.63) is 23.8 Å². The first-order chi connectivity index (χ1) is 11.3. The Balaban J connectivity index is 2.33. The van der Waals surface area contributed by atoms with E-state index in [1.807, 2.05) is 13.0 Å². The lowest BCUT2D eigenvalue weighted by atomic mass is 10.1. The number of hydrogen-bond donors (Lipinski definition) is 1. The van der Waals surface area contributed by atoms with Crippen molar-refractivity contribution in [2.24, 2.45) is 5.73 Å². The van der Waals surface area contributed by atoms with Crippen molar-refractivity contribution in [3.63, 3.8) is 0 Å². The maximum Gasteiger partial charge on any atom is 0.161 e. The monoisotopic (exact) mass is 321 g/mol. The smallest absolute Gasteiger partial charge is 0.161 e. The Kier molecular flexibility index (Phi) is 11.4. The molecule has 132 valence electrons. The van der Waals surface area contributed by atoms with E-state index in [1.165, 1.54) is 44.1 Å². The van der Waals surface area contributed by atoms with Gasteiger partial charge in [-0.15, -0.1) is 0 Å². The van der Waals surface area contributed by atoms with Crippen LogP contribution in [0.1, 0.15) is 70.8 Å². The van der Waals surface area contributed by atoms with Gasteiger partial charge >= 0.3 is 0 Å². The van der Waals surface area contributed by atoms with Crippen molar-refractivity contribution >= 4 is 0 Å². The molecule has 1 aromatic rings. The van der Waals surface area contributed by atoms with Crippen LogP contribution in [0.4, 0.5) is 0 Å². The summed E-state index contributed by atoms with van der Waals surface area (Å²) >= 11 is 0. The van der Waals surface area contributed by atoms with E-state index >= 15 is 0 Å². The van der Waals surface area contributed by atoms with Gasteiger partial charge in [0.25, 0.3) is 0 Å². The van der Waals surface area contributed by atoms with Crippen molar-refractivity contribution in [1.82, 2.24) is 0 Å². The van der Waals surface area contributed by atoms with Gasteiger partial charge in [0, 0.05) is 0 Å². The number of rotatable bonds is 14. The number of nitrogens with two attached hydrogens (primary N) is 1. The Hall–Kier alpha value is -1.22. The minimum atomic E-state index is 0.661. The molecule has 23 heavy (non-hydrogen) atoms. The third-order valence-corrected chi connectivity index (χ3v) is 3.98. The number of ether oxygens (including phenoxy) is 2. The van der Waals surface area contributed by atoms with Gasteiger partial charge in [-0.25, -0.2) is 0 Å². The summed E-state index contributed by atoms with van der Waals surface area (Å²) in [6, 6.07) is 6.26. The third-order valence-electron chi connectivity index (χ3n) is 3.98. The van der Waals surface area contributed by atoms with E-state index in [-0.39, 0.29) is 0 Å². The highest BCUT2D eigenvalue weighted by Crippen LogP contribution is 2.29. The average molecular weight is 322 g/mol. The van der Waals surface area contributed by atoms with Crippen LogP contribution in [0.25, 0.3) is 0 Å². The van der Waals surface area contributed by atoms with Gasteiger partial charge in [-0.2, -0.15) is 0 Å². The zero-order valence-electron chi connectivity index (χ0n) is 15.1. The highest BCUT2D eigenvalue weighted by molar-refractivity contribution is 5.43. The molecule has 0 aliphatic carbocycles. The van der Waals surface area contributed by atoms with E-state index in [9.17, 15) is 0 Å². The summed E-state index contributed by atoms with van der Waals surface area (Å²) in [5.74, 6) is 1.74. The Morgan fingerprint density at radius 1 is 0.826 bits per heavy atom. The molecular formula is C20H35NO2. The molecule has 1 aromatic carbocycles. The van der Waals surface area contributed by atoms with Gasteiger partial charge in [-0.05, 0) is 50.4 Å². The zero-order chi connectivity index (χ0) is 16.8. The van der Waals surface area contributed by atoms with Crippen LogP contribution in [0, 0.1) is 0 Å². The average Bonchev–Trinajstić information content (AvgIpc) is 2.57. The topological polar surface area (TPSA) is 44.5 Å². The molecule has 0 fully saturated rings. The number of aryl methyl sites for hydroxylation is 1. The van der Waals surface area contributed by atoms with E-state index in [0.717, 1.165) is 43.9 Å². The fraction of sp³-hybridized carbons (Fsp3) is 0.700. The van der Waals surface area contributed by atoms with Crippen LogP contribution < -0.4 is 15.2 Å². The molecule has 0 saturated heterocycles. The van der Waals surface area contributed by atoms with Crippen LogP contribution in [-0.2, 0) is 6.42 Å². The summed E-state index contributed by atoms with van der Waals surface area (Å²) in [6.45, 7) is 6.42. The van der Waals surface area contributed by atoms with Gasteiger partial charge in [-0.1, -0.05) is 51.5 Å². The fourth-order valence-electron chi connectivity index (χ4n) is 2.64. The second-order valence-corrected chi connectivity index (χ2v) is 6.08. The first kappa shape index (κ1) is 19.8. The predicted molar refractivity (Wildman–Crippen MR) is 98.5 cm³/mol. The molecule has 1 rings (SSSR count). The fourth-order valence-corrected chi connectivity index (χ4v) is 2.64. The summed E-state index contributed by atoms with van der Waals surface area (Å²) < 4.78 is 11.7. The van der Waals surface area contributed by atoms with Gasteiger partial charge in [-0.3, -0.25) is 0 Å². The summed E-state index contributed by atoms with van der Waals surface area (Å²) in [5.41, 5.74) is 6.85. The van der Waals surface area contributed by atoms with Gasteiger partial charge in [0.2, 0.25) is 0 Å². The van der Waals surface area contributed by atoms with Gasteiger partial charge in [0.05, 0.1) is 13.2 Å². The lowest BCUT2D eigenvalue weighted by Crippen LogP contribution is -2.03. The highest BCUT2D eigenvalue weighted by atomic mass is 16.5. The van der Waals surface area contributed by atoms with Gasteiger partial charge < -0.3 is 15.2 Å². The lowest BCUT2D eigenvalue weighted by Gasteiger charge is -2.13. The Labute approximate surface area is 142 Å². The van der Waals surface area contributed by atoms with Crippen LogP contribution in [0.5, 0.6) is 11.5 Å². The molecular weight excluding hydrogens is 286 g/mol. The van der Waals surface area contributed by atoms with Crippen molar-refractivity contribution in [1.29, 1.82) is 0 Å². The number of hydrogen-bond acceptors (Lipinski definition) is 3. The largest absolute Gasteiger partial charge is 0.490 e. The van der Waals surface area contributed by atoms with E-state index in [0.29, 0.717) is 6.61 Å². The molecule has 0 spiro atoms. The standard InChI is InChI=1S/C20H35NO2/c1-3-5-6-7-8-9-10-16-23-19-14-13-18(12-11-15-21)17-20(19)22-4-2/h13-14,17H,3-12,15-16,21H2,1-2H3. The molecule has 0 amide bonds. The molecule has 0 atom stereocenters. The third kappa shape index (κ3) is 8.85. The zero-order valence-corrected chi connectivity index (χ0v) is 15.1. The van der Waals surface area contributed by atoms with Crippen molar-refractivity contribution in [3.8, 4) is 11.5 Å². The molecule has 0 aromatic heterocycles. The number of unbranched alkanes of at least 4 members (excludes halogenated alkanes) is 6. The number of benzene rings is 1. The summed E-state index contributed by atoms with van der Waals surface area (Å²) in [5, 5.41) is 0. The predicted octanol–water partition coefficient (Wildman–Crippen LogP) is 5.11. The van der Waals surface area contributed by atoms with E-state index in [2.05, 4.69) is 19.1 Å². The maximum absolute atomic E-state index is 5.93. The molecule has 3 heteroatoms. The SMILES string of the molecule is CCCCCCCCCOc1ccc(CCCN)cc1OCC. The van der Waals surface area contributed by atoms with Crippen LogP contribution in [0.2, 0.25) is 0 Å². The molecule has 0 radical (unpaired) electrons. The van der Waals surface area contributed by atoms with Crippen LogP contribution in [0.15, 0.2) is 18.2 Å². The van der Waals surface area contributed by atoms with Gasteiger partial charge in [0.15, 0.2) is 11.5 Å². The van der Waals surface area contributed by atoms with Crippen LogP contribution in [-0.4, -0.2) is 19.8 Å². The van der Waals surface area contributed by atoms with E-state index < -0.39 is 0 Å². The minimum absolute atomic E-state index is 0.661. The van der Waals surface area contributed by atoms with Crippen LogP contribution in [0.3, 0.4) is 0 Å². The summed E-state index contributed by atoms with van der Waals surface area (Å²) in [4.78, 5) is 0. The highest BCUT2D eigenvalue weighted by Gasteiger charge is 2.06. The first-order valence-electron chi connectivity index (χ1n) is 9.40. The second kappa shape index (κ2) is 13.2. The van der Waals surface area contributed by atoms with Gasteiger partial charge in [0.1, 0.15) is 0 Å². The maximum atomic E-state index is 5.93. The lowest BCUT2D eigenvalue weighted by molar-refractivity contribution is 0.270. The second-order valence-electron chi connectivity index (χ2n) is 6.08. The summed E-state index contributed by atoms with van der Waals surface area (Å²) in [7, 11) is 0. The first-order valence-corrected chi connectivity index (χ1v) is 9.40. The molecule has 0 heterocycles. The van der Waals surface area contributed by atoms with Crippen molar-refractivity contribution in [2.45, 2.75) is 71.6 Å². The molecule has 0 aliphatic heterocycles. The minimum Gasteiger partial charge on any atom is -0.490 e. The molecule has 3 nitrogen and oxygen atoms in total. The van der Waals surface area contributed by atoms with Crippen LogP contribution >= 0.6 is 0 Å². The normalized spacial score (nSPS) is 10.7. The quantitative estimate of drug-likeness (QED) is 0.484. The Bertz CT molecular complexity index is 407. The van der Waals surface area contributed by atoms with E-state index in [4.69, 9.17) is 15.2 Å². The Morgan fingerprint density at radius 3 is 2.26 bits per heavy atom. The molecule has 0 unspecified atom stereocenters. The molecule has 0 saturated carbocycles.